The molecule has 0 amide bonds. The highest BCUT2D eigenvalue weighted by atomic mass is 35.5. The van der Waals surface area contributed by atoms with Crippen molar-refractivity contribution in [1.82, 2.24) is 4.98 Å². The van der Waals surface area contributed by atoms with Crippen LogP contribution in [-0.4, -0.2) is 11.8 Å². The zero-order chi connectivity index (χ0) is 16.3. The molecule has 0 radical (unpaired) electrons. The first-order valence-corrected chi connectivity index (χ1v) is 8.36. The maximum absolute atomic E-state index is 6.21. The molecule has 1 aromatic carbocycles. The van der Waals surface area contributed by atoms with E-state index >= 15 is 0 Å². The van der Waals surface area contributed by atoms with Crippen LogP contribution in [0.1, 0.15) is 25.2 Å². The summed E-state index contributed by atoms with van der Waals surface area (Å²) in [5.74, 6) is 2.53. The van der Waals surface area contributed by atoms with Gasteiger partial charge in [0.05, 0.1) is 16.8 Å². The highest BCUT2D eigenvalue weighted by molar-refractivity contribution is 6.09. The normalized spacial score (nSPS) is 12.9. The Labute approximate surface area is 151 Å². The zero-order valence-electron chi connectivity index (χ0n) is 14.1. The molecule has 0 fully saturated rings. The van der Waals surface area contributed by atoms with Gasteiger partial charge < -0.3 is 13.9 Å². The Morgan fingerprint density at radius 2 is 1.76 bits per heavy atom. The van der Waals surface area contributed by atoms with Gasteiger partial charge in [0, 0.05) is 23.3 Å². The van der Waals surface area contributed by atoms with E-state index in [2.05, 4.69) is 32.0 Å². The van der Waals surface area contributed by atoms with E-state index in [-0.39, 0.29) is 19.2 Å². The van der Waals surface area contributed by atoms with Gasteiger partial charge >= 0.3 is 0 Å². The zero-order valence-corrected chi connectivity index (χ0v) is 14.9. The first kappa shape index (κ1) is 16.0. The second-order valence-corrected chi connectivity index (χ2v) is 6.12. The topological polar surface area (TPSA) is 44.5 Å². The van der Waals surface area contributed by atoms with Crippen molar-refractivity contribution in [3.8, 4) is 22.8 Å². The van der Waals surface area contributed by atoms with E-state index in [0.29, 0.717) is 0 Å². The van der Waals surface area contributed by atoms with Gasteiger partial charge in [-0.2, -0.15) is 0 Å². The Bertz CT molecular complexity index is 1070. The van der Waals surface area contributed by atoms with Crippen LogP contribution in [0.2, 0.25) is 0 Å². The predicted octanol–water partition coefficient (Wildman–Crippen LogP) is 5.36. The molecular formula is C20H18ClNO3. The number of rotatable bonds is 2. The van der Waals surface area contributed by atoms with E-state index in [1.165, 1.54) is 10.9 Å². The van der Waals surface area contributed by atoms with E-state index < -0.39 is 0 Å². The maximum Gasteiger partial charge on any atom is 0.231 e. The van der Waals surface area contributed by atoms with Crippen molar-refractivity contribution in [3.05, 3.63) is 41.7 Å². The third-order valence-corrected chi connectivity index (χ3v) is 4.79. The monoisotopic (exact) mass is 355 g/mol. The number of halogens is 1. The van der Waals surface area contributed by atoms with Gasteiger partial charge in [0.2, 0.25) is 6.79 Å². The largest absolute Gasteiger partial charge is 0.460 e. The van der Waals surface area contributed by atoms with E-state index in [0.717, 1.165) is 57.8 Å². The Morgan fingerprint density at radius 3 is 2.52 bits per heavy atom. The van der Waals surface area contributed by atoms with Crippen LogP contribution in [0.5, 0.6) is 11.5 Å². The van der Waals surface area contributed by atoms with Gasteiger partial charge in [-0.15, -0.1) is 12.4 Å². The third-order valence-electron chi connectivity index (χ3n) is 4.79. The fourth-order valence-electron chi connectivity index (χ4n) is 3.52. The lowest BCUT2D eigenvalue weighted by Gasteiger charge is -1.98. The lowest BCUT2D eigenvalue weighted by atomic mass is 10.1. The summed E-state index contributed by atoms with van der Waals surface area (Å²) in [4.78, 5) is 4.80. The van der Waals surface area contributed by atoms with Gasteiger partial charge in [-0.1, -0.05) is 19.9 Å². The first-order valence-electron chi connectivity index (χ1n) is 8.36. The minimum absolute atomic E-state index is 0. The number of aromatic nitrogens is 1. The fourth-order valence-corrected chi connectivity index (χ4v) is 3.52. The Hall–Kier alpha value is -2.46. The molecule has 0 N–H and O–H groups in total. The highest BCUT2D eigenvalue weighted by Gasteiger charge is 2.23. The molecule has 0 saturated heterocycles. The van der Waals surface area contributed by atoms with Gasteiger partial charge in [0.15, 0.2) is 11.5 Å². The molecule has 3 aliphatic rings. The molecule has 1 aliphatic carbocycles. The summed E-state index contributed by atoms with van der Waals surface area (Å²) in [6, 6.07) is 10.4. The summed E-state index contributed by atoms with van der Waals surface area (Å²) in [5.41, 5.74) is 5.10. The van der Waals surface area contributed by atoms with Crippen LogP contribution >= 0.6 is 12.4 Å². The fraction of sp³-hybridized carbons (Fsp3) is 0.250. The minimum atomic E-state index is 0. The lowest BCUT2D eigenvalue weighted by Crippen LogP contribution is -1.92. The van der Waals surface area contributed by atoms with Gasteiger partial charge in [-0.25, -0.2) is 4.98 Å². The second-order valence-electron chi connectivity index (χ2n) is 6.12. The van der Waals surface area contributed by atoms with Crippen molar-refractivity contribution in [2.24, 2.45) is 0 Å². The summed E-state index contributed by atoms with van der Waals surface area (Å²) in [7, 11) is 0. The van der Waals surface area contributed by atoms with Gasteiger partial charge in [-0.05, 0) is 30.2 Å². The van der Waals surface area contributed by atoms with Crippen molar-refractivity contribution >= 4 is 34.3 Å². The molecule has 5 rings (SSSR count). The number of ether oxygens (including phenoxy) is 2. The number of hydrogen-bond acceptors (Lipinski definition) is 4. The van der Waals surface area contributed by atoms with Crippen molar-refractivity contribution in [2.75, 3.05) is 6.79 Å². The SMILES string of the molecule is CCc1cc2c(CC)ccc3nc4cc5c(cc4c-3c2o1)OCO5.Cl. The predicted molar refractivity (Wildman–Crippen MR) is 100 cm³/mol. The molecule has 3 heterocycles. The summed E-state index contributed by atoms with van der Waals surface area (Å²) >= 11 is 0. The summed E-state index contributed by atoms with van der Waals surface area (Å²) in [6.07, 6.45) is 1.84. The maximum atomic E-state index is 6.21. The van der Waals surface area contributed by atoms with Crippen molar-refractivity contribution in [1.29, 1.82) is 0 Å². The number of aryl methyl sites for hydroxylation is 2. The second kappa shape index (κ2) is 5.81. The third kappa shape index (κ3) is 2.24. The van der Waals surface area contributed by atoms with Crippen LogP contribution < -0.4 is 9.47 Å². The highest BCUT2D eigenvalue weighted by Crippen LogP contribution is 2.44. The van der Waals surface area contributed by atoms with Crippen LogP contribution in [0.15, 0.2) is 34.7 Å². The molecule has 0 bridgehead atoms. The summed E-state index contributed by atoms with van der Waals surface area (Å²) in [5, 5.41) is 2.23. The molecule has 0 spiro atoms. The van der Waals surface area contributed by atoms with E-state index in [9.17, 15) is 0 Å². The molecule has 0 atom stereocenters. The van der Waals surface area contributed by atoms with Crippen molar-refractivity contribution in [2.45, 2.75) is 26.7 Å². The average molecular weight is 356 g/mol. The average Bonchev–Trinajstić information content (AvgIpc) is 3.27. The smallest absolute Gasteiger partial charge is 0.231 e. The van der Waals surface area contributed by atoms with Crippen LogP contribution in [0, 0.1) is 0 Å². The Balaban J connectivity index is 0.00000157. The van der Waals surface area contributed by atoms with Crippen LogP contribution in [0.25, 0.3) is 33.1 Å². The molecule has 5 heteroatoms. The molecule has 2 aliphatic heterocycles. The molecule has 0 unspecified atom stereocenters. The summed E-state index contributed by atoms with van der Waals surface area (Å²) < 4.78 is 17.2. The molecular weight excluding hydrogens is 338 g/mol. The quantitative estimate of drug-likeness (QED) is 0.485. The molecule has 1 aromatic heterocycles. The van der Waals surface area contributed by atoms with Crippen LogP contribution in [-0.2, 0) is 12.8 Å². The van der Waals surface area contributed by atoms with Gasteiger partial charge in [0.1, 0.15) is 11.3 Å². The van der Waals surface area contributed by atoms with E-state index in [1.807, 2.05) is 12.1 Å². The van der Waals surface area contributed by atoms with Crippen LogP contribution in [0.4, 0.5) is 0 Å². The van der Waals surface area contributed by atoms with E-state index in [4.69, 9.17) is 18.9 Å². The van der Waals surface area contributed by atoms with Crippen molar-refractivity contribution in [3.63, 3.8) is 0 Å². The number of furan rings is 1. The number of nitrogens with zero attached hydrogens (tertiary/aromatic N) is 1. The molecule has 4 nitrogen and oxygen atoms in total. The Kier molecular flexibility index (Phi) is 3.73. The van der Waals surface area contributed by atoms with Crippen LogP contribution in [0.3, 0.4) is 0 Å². The summed E-state index contributed by atoms with van der Waals surface area (Å²) in [6.45, 7) is 4.55. The number of hydrogen-bond donors (Lipinski definition) is 0. The van der Waals surface area contributed by atoms with Gasteiger partial charge in [0.25, 0.3) is 0 Å². The number of benzene rings is 1. The van der Waals surface area contributed by atoms with Gasteiger partial charge in [-0.3, -0.25) is 0 Å². The lowest BCUT2D eigenvalue weighted by molar-refractivity contribution is 0.174. The van der Waals surface area contributed by atoms with Crippen molar-refractivity contribution < 1.29 is 13.9 Å². The number of fused-ring (bicyclic) bond motifs is 6. The molecule has 2 aromatic rings. The molecule has 0 saturated carbocycles. The van der Waals surface area contributed by atoms with E-state index in [1.54, 1.807) is 0 Å². The molecule has 128 valence electrons. The Morgan fingerprint density at radius 1 is 0.960 bits per heavy atom. The first-order chi connectivity index (χ1) is 11.8. The standard InChI is InChI=1S/C20H17NO3.ClH/c1-3-11-5-6-15-19(20-13(11)7-12(4-2)24-20)14-8-17-18(23-10-22-17)9-16(14)21-15;/h5-9H,3-4,10H2,1-2H3;1H. The minimum Gasteiger partial charge on any atom is -0.460 e. The molecule has 25 heavy (non-hydrogen) atoms.